The Kier molecular flexibility index (Phi) is 6.59. The fourth-order valence-electron chi connectivity index (χ4n) is 3.13. The zero-order valence-electron chi connectivity index (χ0n) is 17.0. The van der Waals surface area contributed by atoms with Crippen LogP contribution in [-0.2, 0) is 14.8 Å². The highest BCUT2D eigenvalue weighted by Crippen LogP contribution is 2.30. The Bertz CT molecular complexity index is 1230. The summed E-state index contributed by atoms with van der Waals surface area (Å²) in [6.45, 7) is 3.43. The molecule has 3 rings (SSSR count). The maximum Gasteiger partial charge on any atom is 0.335 e. The highest BCUT2D eigenvalue weighted by Gasteiger charge is 2.29. The van der Waals surface area contributed by atoms with Gasteiger partial charge in [0.1, 0.15) is 11.9 Å². The fourth-order valence-corrected chi connectivity index (χ4v) is 4.63. The lowest BCUT2D eigenvalue weighted by Gasteiger charge is -2.22. The van der Waals surface area contributed by atoms with E-state index in [1.165, 1.54) is 25.3 Å². The molecule has 2 aromatic carbocycles. The molecular formula is C21H20ClN3O5S. The van der Waals surface area contributed by atoms with Gasteiger partial charge in [0, 0.05) is 18.7 Å². The van der Waals surface area contributed by atoms with E-state index in [9.17, 15) is 18.3 Å². The van der Waals surface area contributed by atoms with E-state index in [-0.39, 0.29) is 21.6 Å². The SMILES string of the molecule is COCN(c1nc(Cl)cc(-c2c(C)cccc2C)n1)S(=O)(=O)c1cccc(C(=O)O)c1. The standard InChI is InChI=1S/C21H20ClN3O5S/c1-13-6-4-7-14(2)19(13)17-11-18(22)24-21(23-17)25(12-30-3)31(28,29)16-9-5-8-15(10-16)20(26)27/h4-11H,12H2,1-3H3,(H,26,27). The molecular weight excluding hydrogens is 442 g/mol. The van der Waals surface area contributed by atoms with E-state index in [0.717, 1.165) is 27.1 Å². The summed E-state index contributed by atoms with van der Waals surface area (Å²) < 4.78 is 32.6. The fraction of sp³-hybridized carbons (Fsp3) is 0.190. The second kappa shape index (κ2) is 9.01. The molecule has 0 saturated carbocycles. The van der Waals surface area contributed by atoms with Crippen LogP contribution in [0.4, 0.5) is 5.95 Å². The van der Waals surface area contributed by atoms with Gasteiger partial charge in [-0.3, -0.25) is 0 Å². The zero-order chi connectivity index (χ0) is 22.8. The van der Waals surface area contributed by atoms with Crippen molar-refractivity contribution in [3.05, 3.63) is 70.4 Å². The Labute approximate surface area is 185 Å². The van der Waals surface area contributed by atoms with Crippen molar-refractivity contribution in [2.75, 3.05) is 18.1 Å². The molecule has 1 N–H and O–H groups in total. The van der Waals surface area contributed by atoms with E-state index >= 15 is 0 Å². The summed E-state index contributed by atoms with van der Waals surface area (Å²) in [5.41, 5.74) is 2.99. The van der Waals surface area contributed by atoms with Crippen LogP contribution >= 0.6 is 11.6 Å². The number of sulfonamides is 1. The third-order valence-corrected chi connectivity index (χ3v) is 6.45. The van der Waals surface area contributed by atoms with Crippen LogP contribution in [-0.4, -0.2) is 43.3 Å². The number of hydrogen-bond acceptors (Lipinski definition) is 6. The molecule has 162 valence electrons. The molecule has 0 aliphatic rings. The minimum absolute atomic E-state index is 0.0539. The average Bonchev–Trinajstić information content (AvgIpc) is 2.71. The number of nitrogens with zero attached hydrogens (tertiary/aromatic N) is 3. The number of rotatable bonds is 7. The quantitative estimate of drug-likeness (QED) is 0.419. The van der Waals surface area contributed by atoms with E-state index in [4.69, 9.17) is 16.3 Å². The largest absolute Gasteiger partial charge is 0.478 e. The molecule has 0 bridgehead atoms. The highest BCUT2D eigenvalue weighted by atomic mass is 35.5. The van der Waals surface area contributed by atoms with Crippen LogP contribution in [0, 0.1) is 13.8 Å². The van der Waals surface area contributed by atoms with Crippen molar-refractivity contribution in [1.82, 2.24) is 9.97 Å². The molecule has 0 aliphatic heterocycles. The van der Waals surface area contributed by atoms with Crippen molar-refractivity contribution in [3.8, 4) is 11.3 Å². The maximum absolute atomic E-state index is 13.3. The Balaban J connectivity index is 2.17. The summed E-state index contributed by atoms with van der Waals surface area (Å²) in [7, 11) is -2.92. The van der Waals surface area contributed by atoms with Gasteiger partial charge in [-0.1, -0.05) is 35.9 Å². The molecule has 0 unspecified atom stereocenters. The van der Waals surface area contributed by atoms with Gasteiger partial charge in [0.25, 0.3) is 10.0 Å². The predicted molar refractivity (Wildman–Crippen MR) is 117 cm³/mol. The van der Waals surface area contributed by atoms with Crippen LogP contribution in [0.1, 0.15) is 21.5 Å². The van der Waals surface area contributed by atoms with E-state index in [1.54, 1.807) is 6.07 Å². The molecule has 1 aromatic heterocycles. The summed E-state index contributed by atoms with van der Waals surface area (Å²) in [4.78, 5) is 19.6. The van der Waals surface area contributed by atoms with Gasteiger partial charge in [-0.05, 0) is 43.2 Å². The first kappa shape index (κ1) is 22.7. The zero-order valence-corrected chi connectivity index (χ0v) is 18.6. The van der Waals surface area contributed by atoms with Gasteiger partial charge < -0.3 is 9.84 Å². The molecule has 1 heterocycles. The van der Waals surface area contributed by atoms with Crippen LogP contribution in [0.2, 0.25) is 5.15 Å². The van der Waals surface area contributed by atoms with Crippen molar-refractivity contribution in [3.63, 3.8) is 0 Å². The first-order valence-electron chi connectivity index (χ1n) is 9.11. The minimum atomic E-state index is -4.25. The number of carboxylic acid groups (broad SMARTS) is 1. The second-order valence-corrected chi connectivity index (χ2v) is 9.00. The van der Waals surface area contributed by atoms with Gasteiger partial charge in [0.2, 0.25) is 5.95 Å². The van der Waals surface area contributed by atoms with Gasteiger partial charge in [-0.25, -0.2) is 27.5 Å². The Morgan fingerprint density at radius 2 is 1.74 bits per heavy atom. The maximum atomic E-state index is 13.3. The first-order chi connectivity index (χ1) is 14.6. The lowest BCUT2D eigenvalue weighted by molar-refractivity contribution is 0.0696. The van der Waals surface area contributed by atoms with Crippen molar-refractivity contribution in [2.45, 2.75) is 18.7 Å². The van der Waals surface area contributed by atoms with Gasteiger partial charge in [-0.15, -0.1) is 0 Å². The predicted octanol–water partition coefficient (Wildman–Crippen LogP) is 3.91. The van der Waals surface area contributed by atoms with Gasteiger partial charge in [0.15, 0.2) is 0 Å². The normalized spacial score (nSPS) is 11.4. The van der Waals surface area contributed by atoms with Gasteiger partial charge in [-0.2, -0.15) is 0 Å². The van der Waals surface area contributed by atoms with Crippen molar-refractivity contribution < 1.29 is 23.1 Å². The summed E-state index contributed by atoms with van der Waals surface area (Å²) in [6, 6.07) is 12.3. The number of carbonyl (C=O) groups is 1. The van der Waals surface area contributed by atoms with Crippen LogP contribution in [0.5, 0.6) is 0 Å². The van der Waals surface area contributed by atoms with E-state index in [1.807, 2.05) is 32.0 Å². The Hall–Kier alpha value is -3.01. The molecule has 8 nitrogen and oxygen atoms in total. The number of hydrogen-bond donors (Lipinski definition) is 1. The number of aromatic nitrogens is 2. The molecule has 0 fully saturated rings. The topological polar surface area (TPSA) is 110 Å². The van der Waals surface area contributed by atoms with Gasteiger partial charge in [0.05, 0.1) is 16.2 Å². The van der Waals surface area contributed by atoms with Crippen molar-refractivity contribution >= 4 is 33.5 Å². The molecule has 31 heavy (non-hydrogen) atoms. The molecule has 10 heteroatoms. The number of anilines is 1. The van der Waals surface area contributed by atoms with Crippen LogP contribution in [0.25, 0.3) is 11.3 Å². The Morgan fingerprint density at radius 1 is 1.10 bits per heavy atom. The van der Waals surface area contributed by atoms with Crippen molar-refractivity contribution in [1.29, 1.82) is 0 Å². The molecule has 0 atom stereocenters. The number of aromatic carboxylic acids is 1. The molecule has 0 spiro atoms. The van der Waals surface area contributed by atoms with E-state index in [0.29, 0.717) is 5.69 Å². The average molecular weight is 462 g/mol. The summed E-state index contributed by atoms with van der Waals surface area (Å²) in [6.07, 6.45) is 0. The minimum Gasteiger partial charge on any atom is -0.478 e. The number of aryl methyl sites for hydroxylation is 2. The molecule has 0 aliphatic carbocycles. The van der Waals surface area contributed by atoms with Crippen molar-refractivity contribution in [2.24, 2.45) is 0 Å². The van der Waals surface area contributed by atoms with Crippen LogP contribution < -0.4 is 4.31 Å². The third-order valence-electron chi connectivity index (χ3n) is 4.56. The number of ether oxygens (including phenoxy) is 1. The molecule has 0 radical (unpaired) electrons. The number of methoxy groups -OCH3 is 1. The smallest absolute Gasteiger partial charge is 0.335 e. The number of benzene rings is 2. The molecule has 3 aromatic rings. The second-order valence-electron chi connectivity index (χ2n) is 6.75. The van der Waals surface area contributed by atoms with Crippen LogP contribution in [0.15, 0.2) is 53.4 Å². The van der Waals surface area contributed by atoms with E-state index < -0.39 is 22.7 Å². The third kappa shape index (κ3) is 4.68. The van der Waals surface area contributed by atoms with Crippen LogP contribution in [0.3, 0.4) is 0 Å². The lowest BCUT2D eigenvalue weighted by atomic mass is 10.00. The summed E-state index contributed by atoms with van der Waals surface area (Å²) in [5, 5.41) is 9.26. The number of halogens is 1. The lowest BCUT2D eigenvalue weighted by Crippen LogP contribution is -2.34. The first-order valence-corrected chi connectivity index (χ1v) is 10.9. The number of carboxylic acids is 1. The summed E-state index contributed by atoms with van der Waals surface area (Å²) >= 11 is 6.22. The monoisotopic (exact) mass is 461 g/mol. The highest BCUT2D eigenvalue weighted by molar-refractivity contribution is 7.92. The van der Waals surface area contributed by atoms with Gasteiger partial charge >= 0.3 is 5.97 Å². The molecule has 0 amide bonds. The summed E-state index contributed by atoms with van der Waals surface area (Å²) in [5.74, 6) is -1.43. The molecule has 0 saturated heterocycles. The Morgan fingerprint density at radius 3 is 2.35 bits per heavy atom. The van der Waals surface area contributed by atoms with E-state index in [2.05, 4.69) is 9.97 Å².